The maximum absolute atomic E-state index is 12.4. The van der Waals surface area contributed by atoms with E-state index in [1.54, 1.807) is 0 Å². The lowest BCUT2D eigenvalue weighted by molar-refractivity contribution is -0.385. The molecule has 1 fully saturated rings. The van der Waals surface area contributed by atoms with Gasteiger partial charge in [-0.05, 0) is 43.0 Å². The van der Waals surface area contributed by atoms with E-state index in [-0.39, 0.29) is 40.9 Å². The first-order chi connectivity index (χ1) is 14.8. The highest BCUT2D eigenvalue weighted by Crippen LogP contribution is 2.35. The first-order valence-electron chi connectivity index (χ1n) is 9.63. The third-order valence-electron chi connectivity index (χ3n) is 5.41. The van der Waals surface area contributed by atoms with Crippen LogP contribution >= 0.6 is 0 Å². The quantitative estimate of drug-likeness (QED) is 0.367. The van der Waals surface area contributed by atoms with Gasteiger partial charge in [0.15, 0.2) is 0 Å². The molecule has 3 atom stereocenters. The van der Waals surface area contributed by atoms with Crippen molar-refractivity contribution in [3.63, 3.8) is 0 Å². The SMILES string of the molecule is C[C@@H]1CC[C@H](OC(=O)c2ccc([N+](=O)[O-])cc2)[C@@H]1COC(=O)c1ccc([N+](=O)[O-])cc1. The van der Waals surface area contributed by atoms with Gasteiger partial charge in [0.2, 0.25) is 0 Å². The molecular weight excluding hydrogens is 408 g/mol. The number of nitro benzene ring substituents is 2. The molecule has 31 heavy (non-hydrogen) atoms. The maximum atomic E-state index is 12.4. The van der Waals surface area contributed by atoms with E-state index in [9.17, 15) is 29.8 Å². The van der Waals surface area contributed by atoms with Gasteiger partial charge in [0.05, 0.1) is 27.6 Å². The molecule has 0 unspecified atom stereocenters. The lowest BCUT2D eigenvalue weighted by Crippen LogP contribution is -2.29. The average molecular weight is 428 g/mol. The fraction of sp³-hybridized carbons (Fsp3) is 0.333. The second-order valence-corrected chi connectivity index (χ2v) is 7.37. The van der Waals surface area contributed by atoms with Crippen LogP contribution in [0, 0.1) is 32.1 Å². The Kier molecular flexibility index (Phi) is 6.58. The van der Waals surface area contributed by atoms with Crippen molar-refractivity contribution in [1.29, 1.82) is 0 Å². The molecule has 2 aromatic carbocycles. The van der Waals surface area contributed by atoms with Crippen LogP contribution in [0.2, 0.25) is 0 Å². The van der Waals surface area contributed by atoms with Gasteiger partial charge in [0, 0.05) is 30.2 Å². The fourth-order valence-electron chi connectivity index (χ4n) is 3.54. The Morgan fingerprint density at radius 2 is 1.35 bits per heavy atom. The van der Waals surface area contributed by atoms with Gasteiger partial charge in [0.1, 0.15) is 6.10 Å². The number of carbonyl (C=O) groups is 2. The predicted molar refractivity (Wildman–Crippen MR) is 108 cm³/mol. The number of non-ortho nitro benzene ring substituents is 2. The van der Waals surface area contributed by atoms with Gasteiger partial charge < -0.3 is 9.47 Å². The summed E-state index contributed by atoms with van der Waals surface area (Å²) < 4.78 is 11.0. The van der Waals surface area contributed by atoms with Crippen LogP contribution in [0.5, 0.6) is 0 Å². The third-order valence-corrected chi connectivity index (χ3v) is 5.41. The van der Waals surface area contributed by atoms with Crippen molar-refractivity contribution >= 4 is 23.3 Å². The van der Waals surface area contributed by atoms with E-state index < -0.39 is 27.9 Å². The van der Waals surface area contributed by atoms with E-state index in [2.05, 4.69) is 0 Å². The summed E-state index contributed by atoms with van der Waals surface area (Å²) in [6.07, 6.45) is 0.944. The van der Waals surface area contributed by atoms with E-state index >= 15 is 0 Å². The standard InChI is InChI=1S/C21H20N2O8/c1-13-2-11-19(31-21(25)15-5-9-17(10-6-15)23(28)29)18(13)12-30-20(24)14-3-7-16(8-4-14)22(26)27/h3-10,13,18-19H,2,11-12H2,1H3/t13-,18-,19+/m1/s1. The number of rotatable bonds is 7. The minimum absolute atomic E-state index is 0.0369. The molecule has 0 heterocycles. The summed E-state index contributed by atoms with van der Waals surface area (Å²) in [6.45, 7) is 2.01. The summed E-state index contributed by atoms with van der Waals surface area (Å²) in [5.41, 5.74) is 0.142. The van der Waals surface area contributed by atoms with Crippen molar-refractivity contribution in [2.45, 2.75) is 25.9 Å². The number of hydrogen-bond donors (Lipinski definition) is 0. The summed E-state index contributed by atoms with van der Waals surface area (Å²) in [5, 5.41) is 21.4. The molecule has 3 rings (SSSR count). The first-order valence-corrected chi connectivity index (χ1v) is 9.63. The summed E-state index contributed by atoms with van der Waals surface area (Å²) in [5.74, 6) is -1.27. The number of nitrogens with zero attached hydrogens (tertiary/aromatic N) is 2. The van der Waals surface area contributed by atoms with E-state index in [1.165, 1.54) is 48.5 Å². The Bertz CT molecular complexity index is 987. The second kappa shape index (κ2) is 9.33. The Labute approximate surface area is 177 Å². The van der Waals surface area contributed by atoms with Crippen LogP contribution < -0.4 is 0 Å². The Morgan fingerprint density at radius 3 is 1.84 bits per heavy atom. The lowest BCUT2D eigenvalue weighted by Gasteiger charge is -2.22. The van der Waals surface area contributed by atoms with Crippen molar-refractivity contribution in [2.75, 3.05) is 6.61 Å². The first kappa shape index (κ1) is 21.9. The summed E-state index contributed by atoms with van der Waals surface area (Å²) in [7, 11) is 0. The molecule has 0 aromatic heterocycles. The monoisotopic (exact) mass is 428 g/mol. The molecule has 0 aliphatic heterocycles. The molecule has 1 aliphatic carbocycles. The lowest BCUT2D eigenvalue weighted by atomic mass is 9.97. The van der Waals surface area contributed by atoms with Gasteiger partial charge in [-0.25, -0.2) is 9.59 Å². The van der Waals surface area contributed by atoms with E-state index in [4.69, 9.17) is 9.47 Å². The molecule has 0 bridgehead atoms. The van der Waals surface area contributed by atoms with Crippen LogP contribution in [-0.4, -0.2) is 34.5 Å². The van der Waals surface area contributed by atoms with Crippen LogP contribution in [0.15, 0.2) is 48.5 Å². The minimum atomic E-state index is -0.616. The zero-order chi connectivity index (χ0) is 22.5. The number of carbonyl (C=O) groups excluding carboxylic acids is 2. The highest BCUT2D eigenvalue weighted by Gasteiger charge is 2.37. The summed E-state index contributed by atoms with van der Waals surface area (Å²) in [4.78, 5) is 45.0. The number of esters is 2. The maximum Gasteiger partial charge on any atom is 0.338 e. The Morgan fingerprint density at radius 1 is 0.871 bits per heavy atom. The number of benzene rings is 2. The molecule has 1 saturated carbocycles. The molecule has 0 amide bonds. The Balaban J connectivity index is 1.59. The van der Waals surface area contributed by atoms with Crippen LogP contribution in [0.25, 0.3) is 0 Å². The smallest absolute Gasteiger partial charge is 0.338 e. The van der Waals surface area contributed by atoms with Gasteiger partial charge in [-0.2, -0.15) is 0 Å². The van der Waals surface area contributed by atoms with Crippen molar-refractivity contribution < 1.29 is 28.9 Å². The van der Waals surface area contributed by atoms with Crippen LogP contribution in [0.4, 0.5) is 11.4 Å². The van der Waals surface area contributed by atoms with Gasteiger partial charge in [-0.15, -0.1) is 0 Å². The van der Waals surface area contributed by atoms with Gasteiger partial charge in [-0.3, -0.25) is 20.2 Å². The molecule has 162 valence electrons. The van der Waals surface area contributed by atoms with E-state index in [0.29, 0.717) is 6.42 Å². The average Bonchev–Trinajstić information content (AvgIpc) is 3.11. The molecule has 10 heteroatoms. The molecule has 0 spiro atoms. The Hall–Kier alpha value is -3.82. The number of nitro groups is 2. The van der Waals surface area contributed by atoms with Crippen LogP contribution in [-0.2, 0) is 9.47 Å². The van der Waals surface area contributed by atoms with Gasteiger partial charge in [0.25, 0.3) is 11.4 Å². The molecule has 0 radical (unpaired) electrons. The van der Waals surface area contributed by atoms with Crippen molar-refractivity contribution in [3.8, 4) is 0 Å². The molecule has 0 N–H and O–H groups in total. The molecular formula is C21H20N2O8. The van der Waals surface area contributed by atoms with Crippen molar-refractivity contribution in [2.24, 2.45) is 11.8 Å². The van der Waals surface area contributed by atoms with Gasteiger partial charge in [-0.1, -0.05) is 6.92 Å². The second-order valence-electron chi connectivity index (χ2n) is 7.37. The minimum Gasteiger partial charge on any atom is -0.462 e. The fourth-order valence-corrected chi connectivity index (χ4v) is 3.54. The summed E-state index contributed by atoms with van der Waals surface area (Å²) in [6, 6.07) is 10.2. The van der Waals surface area contributed by atoms with Crippen LogP contribution in [0.1, 0.15) is 40.5 Å². The number of ether oxygens (including phenoxy) is 2. The highest BCUT2D eigenvalue weighted by molar-refractivity contribution is 5.90. The highest BCUT2D eigenvalue weighted by atomic mass is 16.6. The predicted octanol–water partition coefficient (Wildman–Crippen LogP) is 3.93. The molecule has 10 nitrogen and oxygen atoms in total. The summed E-state index contributed by atoms with van der Waals surface area (Å²) >= 11 is 0. The van der Waals surface area contributed by atoms with Gasteiger partial charge >= 0.3 is 11.9 Å². The molecule has 0 saturated heterocycles. The van der Waals surface area contributed by atoms with Crippen LogP contribution in [0.3, 0.4) is 0 Å². The third kappa shape index (κ3) is 5.21. The zero-order valence-electron chi connectivity index (χ0n) is 16.6. The normalized spacial score (nSPS) is 20.1. The van der Waals surface area contributed by atoms with Crippen molar-refractivity contribution in [3.05, 3.63) is 79.9 Å². The topological polar surface area (TPSA) is 139 Å². The number of hydrogen-bond acceptors (Lipinski definition) is 8. The largest absolute Gasteiger partial charge is 0.462 e. The molecule has 1 aliphatic rings. The molecule has 2 aromatic rings. The van der Waals surface area contributed by atoms with E-state index in [0.717, 1.165) is 6.42 Å². The van der Waals surface area contributed by atoms with Crippen molar-refractivity contribution in [1.82, 2.24) is 0 Å². The van der Waals surface area contributed by atoms with E-state index in [1.807, 2.05) is 6.92 Å². The zero-order valence-corrected chi connectivity index (χ0v) is 16.6.